The van der Waals surface area contributed by atoms with Crippen molar-refractivity contribution in [3.05, 3.63) is 35.4 Å². The van der Waals surface area contributed by atoms with Crippen LogP contribution in [-0.2, 0) is 4.79 Å². The maximum atomic E-state index is 12.0. The summed E-state index contributed by atoms with van der Waals surface area (Å²) in [6, 6.07) is 6.48. The normalized spacial score (nSPS) is 17.6. The second-order valence-corrected chi connectivity index (χ2v) is 5.59. The maximum absolute atomic E-state index is 12.0. The van der Waals surface area contributed by atoms with Gasteiger partial charge in [-0.25, -0.2) is 9.59 Å². The minimum atomic E-state index is -0.959. The molecule has 124 valence electrons. The van der Waals surface area contributed by atoms with Crippen molar-refractivity contribution in [2.45, 2.75) is 25.2 Å². The van der Waals surface area contributed by atoms with E-state index >= 15 is 0 Å². The monoisotopic (exact) mass is 320 g/mol. The number of aromatic carboxylic acids is 1. The quantitative estimate of drug-likeness (QED) is 0.766. The van der Waals surface area contributed by atoms with E-state index in [0.29, 0.717) is 13.1 Å². The molecule has 0 saturated carbocycles. The number of aliphatic carboxylic acids is 1. The van der Waals surface area contributed by atoms with Crippen LogP contribution >= 0.6 is 0 Å². The van der Waals surface area contributed by atoms with Crippen LogP contribution in [0.5, 0.6) is 0 Å². The van der Waals surface area contributed by atoms with Gasteiger partial charge >= 0.3 is 18.0 Å². The molecule has 2 rings (SSSR count). The SMILES string of the molecule is O=C(O)CCNC(=O)N1CCC[C@@H](c2ccc(C(=O)O)cc2)C1. The van der Waals surface area contributed by atoms with E-state index in [1.807, 2.05) is 0 Å². The van der Waals surface area contributed by atoms with Crippen LogP contribution in [0.4, 0.5) is 4.79 Å². The number of carboxylic acid groups (broad SMARTS) is 2. The van der Waals surface area contributed by atoms with Crippen molar-refractivity contribution in [1.82, 2.24) is 10.2 Å². The Kier molecular flexibility index (Phi) is 5.56. The van der Waals surface area contributed by atoms with Crippen molar-refractivity contribution < 1.29 is 24.6 Å². The summed E-state index contributed by atoms with van der Waals surface area (Å²) in [5, 5.41) is 20.1. The molecule has 23 heavy (non-hydrogen) atoms. The fourth-order valence-electron chi connectivity index (χ4n) is 2.72. The lowest BCUT2D eigenvalue weighted by Crippen LogP contribution is -2.45. The first-order chi connectivity index (χ1) is 11.0. The van der Waals surface area contributed by atoms with Gasteiger partial charge in [0.1, 0.15) is 0 Å². The summed E-state index contributed by atoms with van der Waals surface area (Å²) in [6.45, 7) is 1.30. The Bertz CT molecular complexity index is 585. The summed E-state index contributed by atoms with van der Waals surface area (Å²) < 4.78 is 0. The molecule has 1 aliphatic heterocycles. The third kappa shape index (κ3) is 4.70. The van der Waals surface area contributed by atoms with Crippen molar-refractivity contribution >= 4 is 18.0 Å². The number of hydrogen-bond acceptors (Lipinski definition) is 3. The molecule has 0 aromatic heterocycles. The molecular formula is C16H20N2O5. The lowest BCUT2D eigenvalue weighted by Gasteiger charge is -2.33. The molecule has 1 heterocycles. The molecular weight excluding hydrogens is 300 g/mol. The summed E-state index contributed by atoms with van der Waals surface area (Å²) in [5.41, 5.74) is 1.26. The minimum Gasteiger partial charge on any atom is -0.481 e. The van der Waals surface area contributed by atoms with E-state index in [4.69, 9.17) is 10.2 Å². The third-order valence-corrected chi connectivity index (χ3v) is 3.95. The van der Waals surface area contributed by atoms with Gasteiger partial charge in [-0.2, -0.15) is 0 Å². The van der Waals surface area contributed by atoms with Crippen LogP contribution in [0.2, 0.25) is 0 Å². The number of amides is 2. The van der Waals surface area contributed by atoms with Gasteiger partial charge in [-0.05, 0) is 30.5 Å². The summed E-state index contributed by atoms with van der Waals surface area (Å²) in [4.78, 5) is 35.1. The van der Waals surface area contributed by atoms with Crippen LogP contribution in [0, 0.1) is 0 Å². The van der Waals surface area contributed by atoms with Crippen LogP contribution in [0.25, 0.3) is 0 Å². The predicted octanol–water partition coefficient (Wildman–Crippen LogP) is 1.75. The molecule has 0 aliphatic carbocycles. The number of nitrogens with one attached hydrogen (secondary N) is 1. The van der Waals surface area contributed by atoms with Crippen LogP contribution < -0.4 is 5.32 Å². The molecule has 1 fully saturated rings. The van der Waals surface area contributed by atoms with E-state index in [1.165, 1.54) is 0 Å². The zero-order chi connectivity index (χ0) is 16.8. The fraction of sp³-hybridized carbons (Fsp3) is 0.438. The van der Waals surface area contributed by atoms with E-state index in [-0.39, 0.29) is 30.5 Å². The fourth-order valence-corrected chi connectivity index (χ4v) is 2.72. The molecule has 0 radical (unpaired) electrons. The number of carbonyl (C=O) groups is 3. The van der Waals surface area contributed by atoms with Gasteiger partial charge in [0.2, 0.25) is 0 Å². The molecule has 1 aromatic carbocycles. The van der Waals surface area contributed by atoms with Gasteiger partial charge in [-0.15, -0.1) is 0 Å². The summed E-state index contributed by atoms with van der Waals surface area (Å²) in [6.07, 6.45) is 1.70. The predicted molar refractivity (Wildman–Crippen MR) is 82.6 cm³/mol. The molecule has 1 aromatic rings. The number of rotatable bonds is 5. The maximum Gasteiger partial charge on any atom is 0.335 e. The molecule has 1 aliphatic rings. The second-order valence-electron chi connectivity index (χ2n) is 5.59. The Morgan fingerprint density at radius 1 is 1.17 bits per heavy atom. The van der Waals surface area contributed by atoms with Crippen LogP contribution in [0.1, 0.15) is 41.1 Å². The van der Waals surface area contributed by atoms with Gasteiger partial charge in [0.05, 0.1) is 12.0 Å². The van der Waals surface area contributed by atoms with E-state index in [0.717, 1.165) is 18.4 Å². The number of hydrogen-bond donors (Lipinski definition) is 3. The van der Waals surface area contributed by atoms with E-state index in [9.17, 15) is 14.4 Å². The van der Waals surface area contributed by atoms with Gasteiger partial charge in [-0.3, -0.25) is 4.79 Å². The molecule has 1 saturated heterocycles. The average molecular weight is 320 g/mol. The number of carbonyl (C=O) groups excluding carboxylic acids is 1. The average Bonchev–Trinajstić information content (AvgIpc) is 2.54. The summed E-state index contributed by atoms with van der Waals surface area (Å²) in [7, 11) is 0. The summed E-state index contributed by atoms with van der Waals surface area (Å²) >= 11 is 0. The van der Waals surface area contributed by atoms with Gasteiger partial charge in [0.15, 0.2) is 0 Å². The molecule has 3 N–H and O–H groups in total. The largest absolute Gasteiger partial charge is 0.481 e. The van der Waals surface area contributed by atoms with Crippen LogP contribution in [0.3, 0.4) is 0 Å². The Hall–Kier alpha value is -2.57. The van der Waals surface area contributed by atoms with Gasteiger partial charge in [0, 0.05) is 25.6 Å². The number of nitrogens with zero attached hydrogens (tertiary/aromatic N) is 1. The van der Waals surface area contributed by atoms with Crippen molar-refractivity contribution in [2.24, 2.45) is 0 Å². The van der Waals surface area contributed by atoms with Gasteiger partial charge < -0.3 is 20.4 Å². The van der Waals surface area contributed by atoms with Crippen LogP contribution in [-0.4, -0.2) is 52.7 Å². The first-order valence-corrected chi connectivity index (χ1v) is 7.55. The number of piperidine rings is 1. The molecule has 0 unspecified atom stereocenters. The van der Waals surface area contributed by atoms with Gasteiger partial charge in [-0.1, -0.05) is 12.1 Å². The second kappa shape index (κ2) is 7.62. The van der Waals surface area contributed by atoms with Crippen molar-refractivity contribution in [2.75, 3.05) is 19.6 Å². The first kappa shape index (κ1) is 16.8. The zero-order valence-corrected chi connectivity index (χ0v) is 12.7. The molecule has 0 spiro atoms. The Morgan fingerprint density at radius 2 is 1.87 bits per heavy atom. The van der Waals surface area contributed by atoms with Crippen LogP contribution in [0.15, 0.2) is 24.3 Å². The summed E-state index contributed by atoms with van der Waals surface area (Å²) in [5.74, 6) is -1.74. The standard InChI is InChI=1S/C16H20N2O5/c19-14(20)7-8-17-16(23)18-9-1-2-13(10-18)11-3-5-12(6-4-11)15(21)22/h3-6,13H,1-2,7-10H2,(H,17,23)(H,19,20)(H,21,22)/t13-/m1/s1. The number of urea groups is 1. The molecule has 2 amide bonds. The van der Waals surface area contributed by atoms with Gasteiger partial charge in [0.25, 0.3) is 0 Å². The van der Waals surface area contributed by atoms with Crippen molar-refractivity contribution in [3.63, 3.8) is 0 Å². The molecule has 7 nitrogen and oxygen atoms in total. The highest BCUT2D eigenvalue weighted by Gasteiger charge is 2.24. The van der Waals surface area contributed by atoms with E-state index in [2.05, 4.69) is 5.32 Å². The van der Waals surface area contributed by atoms with E-state index in [1.54, 1.807) is 29.2 Å². The minimum absolute atomic E-state index is 0.0976. The smallest absolute Gasteiger partial charge is 0.335 e. The number of benzene rings is 1. The number of carboxylic acids is 2. The molecule has 0 bridgehead atoms. The molecule has 7 heteroatoms. The third-order valence-electron chi connectivity index (χ3n) is 3.95. The lowest BCUT2D eigenvalue weighted by molar-refractivity contribution is -0.136. The zero-order valence-electron chi connectivity index (χ0n) is 12.7. The van der Waals surface area contributed by atoms with Crippen molar-refractivity contribution in [1.29, 1.82) is 0 Å². The highest BCUT2D eigenvalue weighted by molar-refractivity contribution is 5.87. The highest BCUT2D eigenvalue weighted by Crippen LogP contribution is 2.27. The topological polar surface area (TPSA) is 107 Å². The number of likely N-dealkylation sites (tertiary alicyclic amines) is 1. The van der Waals surface area contributed by atoms with Crippen molar-refractivity contribution in [3.8, 4) is 0 Å². The van der Waals surface area contributed by atoms with E-state index < -0.39 is 11.9 Å². The lowest BCUT2D eigenvalue weighted by atomic mass is 9.90. The first-order valence-electron chi connectivity index (χ1n) is 7.55. The molecule has 1 atom stereocenters. The Morgan fingerprint density at radius 3 is 2.48 bits per heavy atom. The Balaban J connectivity index is 1.93. The highest BCUT2D eigenvalue weighted by atomic mass is 16.4. The Labute approximate surface area is 133 Å².